The molecule has 1 unspecified atom stereocenters. The summed E-state index contributed by atoms with van der Waals surface area (Å²) in [4.78, 5) is 38.2. The lowest BCUT2D eigenvalue weighted by Crippen LogP contribution is -2.50. The fraction of sp³-hybridized carbons (Fsp3) is 0.386. The van der Waals surface area contributed by atoms with E-state index in [1.807, 2.05) is 4.90 Å². The number of amides is 1. The second-order valence-corrected chi connectivity index (χ2v) is 17.8. The summed E-state index contributed by atoms with van der Waals surface area (Å²) in [6, 6.07) is 19.5. The molecule has 2 aromatic heterocycles. The van der Waals surface area contributed by atoms with Gasteiger partial charge in [-0.3, -0.25) is 14.6 Å². The third kappa shape index (κ3) is 9.02. The number of piperazine rings is 1. The molecule has 3 aromatic carbocycles. The third-order valence-electron chi connectivity index (χ3n) is 10.7. The number of fused-ring (bicyclic) bond motifs is 2. The van der Waals surface area contributed by atoms with E-state index in [2.05, 4.69) is 16.8 Å². The highest BCUT2D eigenvalue weighted by Gasteiger charge is 2.39. The van der Waals surface area contributed by atoms with Gasteiger partial charge in [0.15, 0.2) is 11.4 Å². The Hall–Kier alpha value is -5.25. The number of likely N-dealkylation sites (N-methyl/N-ethyl adjacent to an activating group) is 1. The van der Waals surface area contributed by atoms with Crippen LogP contribution < -0.4 is 9.64 Å². The Morgan fingerprint density at radius 2 is 1.61 bits per heavy atom. The predicted octanol–water partition coefficient (Wildman–Crippen LogP) is 8.40. The van der Waals surface area contributed by atoms with Crippen molar-refractivity contribution in [1.29, 1.82) is 0 Å². The molecule has 15 heteroatoms. The Morgan fingerprint density at radius 1 is 0.898 bits per heavy atom. The van der Waals surface area contributed by atoms with Gasteiger partial charge in [0.1, 0.15) is 17.1 Å². The number of rotatable bonds is 10. The molecule has 0 spiro atoms. The minimum Gasteiger partial charge on any atom is -0.456 e. The molecular formula is C44H48F3N5O6S. The second-order valence-electron chi connectivity index (χ2n) is 16.1. The first-order chi connectivity index (χ1) is 27.9. The van der Waals surface area contributed by atoms with Crippen molar-refractivity contribution in [3.63, 3.8) is 0 Å². The number of alkyl halides is 3. The molecule has 0 aliphatic carbocycles. The summed E-state index contributed by atoms with van der Waals surface area (Å²) in [7, 11) is -3.99. The largest absolute Gasteiger partial charge is 0.456 e. The predicted molar refractivity (Wildman–Crippen MR) is 218 cm³/mol. The van der Waals surface area contributed by atoms with Crippen LogP contribution in [0.1, 0.15) is 62.1 Å². The standard InChI is InChI=1S/C44H48F3N5O6S/c1-6-49-20-22-50(23-21-49)28-32-13-12-30(25-36(32)44(45,46)47)26-39(53)37-17-15-31-14-16-33(27-38(31)51(37)42(54)58-43(3,4)5)57-40-18-19-48-41-35(40)24-29(2)52(41)59(55,56)34-10-8-7-9-11-34/h7-14,16,18-19,24-25,27,37H,6,15,17,20-23,26,28H2,1-5H3. The van der Waals surface area contributed by atoms with Gasteiger partial charge in [-0.2, -0.15) is 13.2 Å². The van der Waals surface area contributed by atoms with Crippen LogP contribution in [0, 0.1) is 6.92 Å². The highest BCUT2D eigenvalue weighted by molar-refractivity contribution is 7.90. The van der Waals surface area contributed by atoms with Crippen LogP contribution in [0.25, 0.3) is 11.0 Å². The Morgan fingerprint density at radius 3 is 2.29 bits per heavy atom. The molecule has 0 saturated carbocycles. The molecule has 2 aliphatic heterocycles. The molecule has 312 valence electrons. The van der Waals surface area contributed by atoms with Gasteiger partial charge in [0, 0.05) is 57.1 Å². The maximum absolute atomic E-state index is 14.5. The molecule has 1 fully saturated rings. The van der Waals surface area contributed by atoms with E-state index in [9.17, 15) is 31.2 Å². The van der Waals surface area contributed by atoms with Crippen molar-refractivity contribution >= 4 is 38.6 Å². The number of Topliss-reactive ketones (excluding diaryl/α,β-unsaturated/α-hetero) is 1. The van der Waals surface area contributed by atoms with Crippen molar-refractivity contribution in [2.75, 3.05) is 37.6 Å². The molecule has 0 bridgehead atoms. The van der Waals surface area contributed by atoms with Crippen molar-refractivity contribution in [3.05, 3.63) is 113 Å². The molecule has 0 N–H and O–H groups in total. The van der Waals surface area contributed by atoms with Crippen molar-refractivity contribution < 1.29 is 40.7 Å². The van der Waals surface area contributed by atoms with E-state index in [-0.39, 0.29) is 46.8 Å². The Kier molecular flexibility index (Phi) is 11.7. The summed E-state index contributed by atoms with van der Waals surface area (Å²) in [6.45, 7) is 12.8. The minimum atomic E-state index is -4.62. The van der Waals surface area contributed by atoms with E-state index < -0.39 is 45.3 Å². The number of carbonyl (C=O) groups is 2. The lowest BCUT2D eigenvalue weighted by Gasteiger charge is -2.37. The molecule has 1 saturated heterocycles. The number of anilines is 1. The van der Waals surface area contributed by atoms with Crippen LogP contribution in [-0.2, 0) is 45.1 Å². The summed E-state index contributed by atoms with van der Waals surface area (Å²) in [5, 5.41) is 0.433. The normalized spacial score (nSPS) is 16.9. The van der Waals surface area contributed by atoms with Crippen molar-refractivity contribution in [1.82, 2.24) is 18.8 Å². The number of hydrogen-bond donors (Lipinski definition) is 0. The molecule has 11 nitrogen and oxygen atoms in total. The summed E-state index contributed by atoms with van der Waals surface area (Å²) < 4.78 is 84.1. The van der Waals surface area contributed by atoms with Crippen LogP contribution in [0.4, 0.5) is 23.7 Å². The number of aryl methyl sites for hydroxylation is 2. The first-order valence-electron chi connectivity index (χ1n) is 19.7. The number of ether oxygens (including phenoxy) is 2. The first-order valence-corrected chi connectivity index (χ1v) is 21.1. The third-order valence-corrected chi connectivity index (χ3v) is 12.6. The van der Waals surface area contributed by atoms with Crippen LogP contribution >= 0.6 is 0 Å². The van der Waals surface area contributed by atoms with Gasteiger partial charge in [0.25, 0.3) is 10.0 Å². The number of benzene rings is 3. The zero-order valence-electron chi connectivity index (χ0n) is 33.8. The van der Waals surface area contributed by atoms with Crippen LogP contribution in [0.5, 0.6) is 11.5 Å². The lowest BCUT2D eigenvalue weighted by molar-refractivity contribution is -0.138. The monoisotopic (exact) mass is 831 g/mol. The van der Waals surface area contributed by atoms with Gasteiger partial charge in [-0.1, -0.05) is 43.3 Å². The number of nitrogens with zero attached hydrogens (tertiary/aromatic N) is 5. The molecular weight excluding hydrogens is 784 g/mol. The lowest BCUT2D eigenvalue weighted by atomic mass is 9.90. The van der Waals surface area contributed by atoms with Gasteiger partial charge in [-0.05, 0) is 100 Å². The van der Waals surface area contributed by atoms with E-state index in [1.54, 1.807) is 82.3 Å². The van der Waals surface area contributed by atoms with Gasteiger partial charge in [0.2, 0.25) is 0 Å². The van der Waals surface area contributed by atoms with E-state index in [4.69, 9.17) is 9.47 Å². The second kappa shape index (κ2) is 16.4. The van der Waals surface area contributed by atoms with E-state index in [0.29, 0.717) is 42.0 Å². The zero-order chi connectivity index (χ0) is 42.3. The number of hydrogen-bond acceptors (Lipinski definition) is 9. The van der Waals surface area contributed by atoms with Gasteiger partial charge in [0.05, 0.1) is 27.6 Å². The average Bonchev–Trinajstić information content (AvgIpc) is 3.55. The summed E-state index contributed by atoms with van der Waals surface area (Å²) >= 11 is 0. The highest BCUT2D eigenvalue weighted by Crippen LogP contribution is 2.40. The quantitative estimate of drug-likeness (QED) is 0.137. The number of halogens is 3. The van der Waals surface area contributed by atoms with E-state index in [1.165, 1.54) is 29.3 Å². The molecule has 1 atom stereocenters. The number of ketones is 1. The van der Waals surface area contributed by atoms with Gasteiger partial charge >= 0.3 is 12.3 Å². The number of carbonyl (C=O) groups excluding carboxylic acids is 2. The topological polar surface area (TPSA) is 114 Å². The Bertz CT molecular complexity index is 2470. The molecule has 4 heterocycles. The van der Waals surface area contributed by atoms with Gasteiger partial charge in [-0.25, -0.2) is 22.2 Å². The maximum atomic E-state index is 14.5. The number of aromatic nitrogens is 2. The summed E-state index contributed by atoms with van der Waals surface area (Å²) in [5.41, 5.74) is 0.348. The van der Waals surface area contributed by atoms with Crippen molar-refractivity contribution in [2.24, 2.45) is 0 Å². The van der Waals surface area contributed by atoms with Gasteiger partial charge in [-0.15, -0.1) is 0 Å². The van der Waals surface area contributed by atoms with Gasteiger partial charge < -0.3 is 14.4 Å². The van der Waals surface area contributed by atoms with Crippen LogP contribution in [0.3, 0.4) is 0 Å². The summed E-state index contributed by atoms with van der Waals surface area (Å²) in [5.74, 6) is 0.159. The molecule has 1 amide bonds. The fourth-order valence-electron chi connectivity index (χ4n) is 7.83. The highest BCUT2D eigenvalue weighted by atomic mass is 32.2. The van der Waals surface area contributed by atoms with Crippen LogP contribution in [0.2, 0.25) is 0 Å². The zero-order valence-corrected chi connectivity index (χ0v) is 34.6. The van der Waals surface area contributed by atoms with E-state index in [0.717, 1.165) is 35.2 Å². The Balaban J connectivity index is 1.18. The molecule has 2 aliphatic rings. The van der Waals surface area contributed by atoms with E-state index >= 15 is 0 Å². The average molecular weight is 832 g/mol. The maximum Gasteiger partial charge on any atom is 0.416 e. The fourth-order valence-corrected chi connectivity index (χ4v) is 9.34. The van der Waals surface area contributed by atoms with Crippen LogP contribution in [0.15, 0.2) is 90.0 Å². The first kappa shape index (κ1) is 41.9. The molecule has 7 rings (SSSR count). The molecule has 0 radical (unpaired) electrons. The molecule has 59 heavy (non-hydrogen) atoms. The van der Waals surface area contributed by atoms with Crippen LogP contribution in [-0.4, -0.2) is 83.4 Å². The SMILES string of the molecule is CCN1CCN(Cc2ccc(CC(=O)C3CCc4ccc(Oc5ccnc6c5cc(C)n6S(=O)(=O)c5ccccc5)cc4N3C(=O)OC(C)(C)C)cc2C(F)(F)F)CC1. The minimum absolute atomic E-state index is 0.101. The van der Waals surface area contributed by atoms with Crippen molar-refractivity contribution in [3.8, 4) is 11.5 Å². The summed E-state index contributed by atoms with van der Waals surface area (Å²) in [6.07, 6.45) is -3.66. The molecule has 5 aromatic rings. The Labute approximate surface area is 342 Å². The van der Waals surface area contributed by atoms with Crippen molar-refractivity contribution in [2.45, 2.75) is 83.1 Å². The smallest absolute Gasteiger partial charge is 0.416 e. The number of pyridine rings is 1.